The molecular formula is C21H18N2O2S. The van der Waals surface area contributed by atoms with Gasteiger partial charge in [0.05, 0.1) is 19.9 Å². The Morgan fingerprint density at radius 3 is 2.62 bits per heavy atom. The summed E-state index contributed by atoms with van der Waals surface area (Å²) in [5.74, 6) is 1.50. The lowest BCUT2D eigenvalue weighted by molar-refractivity contribution is 0.395. The molecule has 0 saturated heterocycles. The van der Waals surface area contributed by atoms with Gasteiger partial charge in [0.2, 0.25) is 0 Å². The molecule has 5 heteroatoms. The minimum atomic E-state index is 0.742. The third-order valence-corrected chi connectivity index (χ3v) is 4.98. The van der Waals surface area contributed by atoms with Crippen LogP contribution < -0.4 is 14.8 Å². The van der Waals surface area contributed by atoms with Crippen LogP contribution in [-0.2, 0) is 0 Å². The maximum absolute atomic E-state index is 5.49. The van der Waals surface area contributed by atoms with Gasteiger partial charge in [0.1, 0.15) is 11.5 Å². The molecule has 0 aliphatic rings. The molecule has 0 fully saturated rings. The van der Waals surface area contributed by atoms with E-state index in [-0.39, 0.29) is 0 Å². The largest absolute Gasteiger partial charge is 0.497 e. The number of nitrogens with one attached hydrogen (secondary N) is 1. The molecule has 3 aromatic carbocycles. The molecule has 4 aromatic rings. The quantitative estimate of drug-likeness (QED) is 0.493. The summed E-state index contributed by atoms with van der Waals surface area (Å²) in [4.78, 5) is 4.73. The summed E-state index contributed by atoms with van der Waals surface area (Å²) in [6, 6.07) is 20.3. The van der Waals surface area contributed by atoms with E-state index in [0.29, 0.717) is 0 Å². The van der Waals surface area contributed by atoms with Crippen molar-refractivity contribution in [3.63, 3.8) is 0 Å². The number of fused-ring (bicyclic) bond motifs is 1. The molecule has 130 valence electrons. The highest BCUT2D eigenvalue weighted by molar-refractivity contribution is 7.14. The topological polar surface area (TPSA) is 43.4 Å². The number of anilines is 2. The summed E-state index contributed by atoms with van der Waals surface area (Å²) in [5.41, 5.74) is 2.86. The first kappa shape index (κ1) is 16.4. The number of hydrogen-bond acceptors (Lipinski definition) is 5. The maximum atomic E-state index is 5.49. The van der Waals surface area contributed by atoms with Gasteiger partial charge < -0.3 is 14.8 Å². The van der Waals surface area contributed by atoms with Crippen LogP contribution in [0.3, 0.4) is 0 Å². The number of hydrogen-bond donors (Lipinski definition) is 1. The number of benzene rings is 3. The Bertz CT molecular complexity index is 1050. The molecule has 4 nitrogen and oxygen atoms in total. The summed E-state index contributed by atoms with van der Waals surface area (Å²) in [6.07, 6.45) is 0. The van der Waals surface area contributed by atoms with E-state index in [2.05, 4.69) is 29.6 Å². The second-order valence-electron chi connectivity index (χ2n) is 5.76. The van der Waals surface area contributed by atoms with Crippen molar-refractivity contribution in [1.29, 1.82) is 0 Å². The minimum absolute atomic E-state index is 0.742. The molecule has 0 atom stereocenters. The van der Waals surface area contributed by atoms with Crippen molar-refractivity contribution in [1.82, 2.24) is 4.98 Å². The fraction of sp³-hybridized carbons (Fsp3) is 0.0952. The van der Waals surface area contributed by atoms with Crippen molar-refractivity contribution in [2.45, 2.75) is 0 Å². The molecule has 0 aliphatic heterocycles. The van der Waals surface area contributed by atoms with E-state index in [9.17, 15) is 0 Å². The minimum Gasteiger partial charge on any atom is -0.497 e. The smallest absolute Gasteiger partial charge is 0.187 e. The third kappa shape index (κ3) is 3.09. The highest BCUT2D eigenvalue weighted by atomic mass is 32.1. The first-order valence-electron chi connectivity index (χ1n) is 8.21. The van der Waals surface area contributed by atoms with Crippen molar-refractivity contribution < 1.29 is 9.47 Å². The lowest BCUT2D eigenvalue weighted by Crippen LogP contribution is -1.92. The zero-order valence-corrected chi connectivity index (χ0v) is 15.3. The number of rotatable bonds is 5. The molecular weight excluding hydrogens is 344 g/mol. The maximum Gasteiger partial charge on any atom is 0.187 e. The normalized spacial score (nSPS) is 10.7. The van der Waals surface area contributed by atoms with Crippen LogP contribution in [0.4, 0.5) is 10.8 Å². The SMILES string of the molecule is COc1ccc(-c2csc(Nc3cccc4ccccc34)n2)c(OC)c1. The van der Waals surface area contributed by atoms with E-state index in [0.717, 1.165) is 33.6 Å². The van der Waals surface area contributed by atoms with Crippen LogP contribution in [-0.4, -0.2) is 19.2 Å². The van der Waals surface area contributed by atoms with E-state index in [1.54, 1.807) is 25.6 Å². The first-order chi connectivity index (χ1) is 12.8. The van der Waals surface area contributed by atoms with Gasteiger partial charge in [0.25, 0.3) is 0 Å². The Labute approximate surface area is 156 Å². The fourth-order valence-corrected chi connectivity index (χ4v) is 3.64. The number of nitrogens with zero attached hydrogens (tertiary/aromatic N) is 1. The number of thiazole rings is 1. The van der Waals surface area contributed by atoms with E-state index in [1.165, 1.54) is 10.8 Å². The molecule has 1 heterocycles. The molecule has 0 spiro atoms. The average molecular weight is 362 g/mol. The van der Waals surface area contributed by atoms with Gasteiger partial charge in [-0.3, -0.25) is 0 Å². The zero-order valence-electron chi connectivity index (χ0n) is 14.5. The lowest BCUT2D eigenvalue weighted by Gasteiger charge is -2.09. The van der Waals surface area contributed by atoms with E-state index < -0.39 is 0 Å². The molecule has 0 saturated carbocycles. The second-order valence-corrected chi connectivity index (χ2v) is 6.61. The average Bonchev–Trinajstić information content (AvgIpc) is 3.16. The third-order valence-electron chi connectivity index (χ3n) is 4.22. The van der Waals surface area contributed by atoms with Crippen molar-refractivity contribution in [2.75, 3.05) is 19.5 Å². The monoisotopic (exact) mass is 362 g/mol. The predicted molar refractivity (Wildman–Crippen MR) is 108 cm³/mol. The zero-order chi connectivity index (χ0) is 17.9. The Kier molecular flexibility index (Phi) is 4.46. The van der Waals surface area contributed by atoms with Gasteiger partial charge >= 0.3 is 0 Å². The standard InChI is InChI=1S/C21H18N2O2S/c1-24-15-10-11-17(20(12-15)25-2)19-13-26-21(23-19)22-18-9-5-7-14-6-3-4-8-16(14)18/h3-13H,1-2H3,(H,22,23). The summed E-state index contributed by atoms with van der Waals surface area (Å²) in [6.45, 7) is 0. The van der Waals surface area contributed by atoms with Crippen LogP contribution in [0.5, 0.6) is 11.5 Å². The summed E-state index contributed by atoms with van der Waals surface area (Å²) < 4.78 is 10.8. The van der Waals surface area contributed by atoms with Gasteiger partial charge in [0, 0.05) is 28.1 Å². The fourth-order valence-electron chi connectivity index (χ4n) is 2.91. The summed E-state index contributed by atoms with van der Waals surface area (Å²) in [5, 5.41) is 8.68. The molecule has 26 heavy (non-hydrogen) atoms. The Morgan fingerprint density at radius 1 is 0.923 bits per heavy atom. The Balaban J connectivity index is 1.66. The van der Waals surface area contributed by atoms with Crippen molar-refractivity contribution >= 4 is 32.9 Å². The number of aromatic nitrogens is 1. The predicted octanol–water partition coefficient (Wildman–Crippen LogP) is 5.72. The summed E-state index contributed by atoms with van der Waals surface area (Å²) >= 11 is 1.57. The molecule has 0 unspecified atom stereocenters. The molecule has 0 bridgehead atoms. The van der Waals surface area contributed by atoms with Crippen LogP contribution in [0.25, 0.3) is 22.0 Å². The van der Waals surface area contributed by atoms with Crippen molar-refractivity contribution in [3.8, 4) is 22.8 Å². The van der Waals surface area contributed by atoms with Crippen LogP contribution in [0.1, 0.15) is 0 Å². The molecule has 0 aliphatic carbocycles. The van der Waals surface area contributed by atoms with Gasteiger partial charge in [-0.25, -0.2) is 4.98 Å². The molecule has 0 radical (unpaired) electrons. The highest BCUT2D eigenvalue weighted by Crippen LogP contribution is 2.36. The second kappa shape index (κ2) is 7.06. The van der Waals surface area contributed by atoms with E-state index >= 15 is 0 Å². The van der Waals surface area contributed by atoms with Crippen LogP contribution in [0, 0.1) is 0 Å². The lowest BCUT2D eigenvalue weighted by atomic mass is 10.1. The van der Waals surface area contributed by atoms with Crippen LogP contribution >= 0.6 is 11.3 Å². The Morgan fingerprint density at radius 2 is 1.77 bits per heavy atom. The molecule has 4 rings (SSSR count). The van der Waals surface area contributed by atoms with E-state index in [4.69, 9.17) is 14.5 Å². The van der Waals surface area contributed by atoms with Crippen LogP contribution in [0.2, 0.25) is 0 Å². The number of ether oxygens (including phenoxy) is 2. The highest BCUT2D eigenvalue weighted by Gasteiger charge is 2.12. The first-order valence-corrected chi connectivity index (χ1v) is 9.09. The van der Waals surface area contributed by atoms with Gasteiger partial charge in [-0.15, -0.1) is 11.3 Å². The van der Waals surface area contributed by atoms with Gasteiger partial charge in [0.15, 0.2) is 5.13 Å². The van der Waals surface area contributed by atoms with Crippen LogP contribution in [0.15, 0.2) is 66.0 Å². The van der Waals surface area contributed by atoms with Gasteiger partial charge in [-0.05, 0) is 23.6 Å². The number of methoxy groups -OCH3 is 2. The summed E-state index contributed by atoms with van der Waals surface area (Å²) in [7, 11) is 3.30. The van der Waals surface area contributed by atoms with Crippen molar-refractivity contribution in [3.05, 3.63) is 66.0 Å². The Hall–Kier alpha value is -3.05. The molecule has 0 amide bonds. The van der Waals surface area contributed by atoms with E-state index in [1.807, 2.05) is 41.8 Å². The molecule has 1 N–H and O–H groups in total. The van der Waals surface area contributed by atoms with Gasteiger partial charge in [-0.1, -0.05) is 36.4 Å². The molecule has 1 aromatic heterocycles. The van der Waals surface area contributed by atoms with Gasteiger partial charge in [-0.2, -0.15) is 0 Å². The van der Waals surface area contributed by atoms with Crippen molar-refractivity contribution in [2.24, 2.45) is 0 Å².